The highest BCUT2D eigenvalue weighted by molar-refractivity contribution is 5.76. The van der Waals surface area contributed by atoms with Crippen LogP contribution in [-0.4, -0.2) is 25.0 Å². The number of carbonyl (C=O) groups is 1. The summed E-state index contributed by atoms with van der Waals surface area (Å²) >= 11 is 0. The molecule has 5 atom stereocenters. The van der Waals surface area contributed by atoms with Gasteiger partial charge in [0, 0.05) is 12.5 Å². The first-order chi connectivity index (χ1) is 9.56. The van der Waals surface area contributed by atoms with E-state index in [1.54, 1.807) is 0 Å². The van der Waals surface area contributed by atoms with E-state index in [2.05, 4.69) is 31.4 Å². The molecule has 0 aromatic heterocycles. The van der Waals surface area contributed by atoms with E-state index in [1.807, 2.05) is 0 Å². The van der Waals surface area contributed by atoms with Crippen LogP contribution >= 0.6 is 0 Å². The van der Waals surface area contributed by atoms with E-state index in [1.165, 1.54) is 25.7 Å². The lowest BCUT2D eigenvalue weighted by Crippen LogP contribution is -2.43. The predicted molar refractivity (Wildman–Crippen MR) is 83.5 cm³/mol. The summed E-state index contributed by atoms with van der Waals surface area (Å²) in [6.07, 6.45) is 6.91. The molecule has 1 amide bonds. The Bertz CT molecular complexity index is 312. The van der Waals surface area contributed by atoms with Gasteiger partial charge >= 0.3 is 0 Å². The van der Waals surface area contributed by atoms with E-state index in [-0.39, 0.29) is 5.91 Å². The first-order valence-corrected chi connectivity index (χ1v) is 8.56. The van der Waals surface area contributed by atoms with Crippen LogP contribution in [0.2, 0.25) is 0 Å². The lowest BCUT2D eigenvalue weighted by atomic mass is 9.79. The fourth-order valence-electron chi connectivity index (χ4n) is 3.97. The molecule has 116 valence electrons. The largest absolute Gasteiger partial charge is 0.353 e. The fraction of sp³-hybridized carbons (Fsp3) is 0.941. The fourth-order valence-corrected chi connectivity index (χ4v) is 3.97. The minimum absolute atomic E-state index is 0.273. The van der Waals surface area contributed by atoms with Crippen molar-refractivity contribution in [3.8, 4) is 0 Å². The summed E-state index contributed by atoms with van der Waals surface area (Å²) in [7, 11) is 0. The Kier molecular flexibility index (Phi) is 5.88. The second-order valence-electron chi connectivity index (χ2n) is 7.36. The van der Waals surface area contributed by atoms with Crippen molar-refractivity contribution < 1.29 is 4.79 Å². The van der Waals surface area contributed by atoms with Crippen LogP contribution in [0.3, 0.4) is 0 Å². The third kappa shape index (κ3) is 4.47. The first-order valence-electron chi connectivity index (χ1n) is 8.56. The van der Waals surface area contributed by atoms with Gasteiger partial charge in [-0.05, 0) is 68.9 Å². The molecular weight excluding hydrogens is 248 g/mol. The van der Waals surface area contributed by atoms with E-state index in [9.17, 15) is 4.79 Å². The normalized spacial score (nSPS) is 36.4. The van der Waals surface area contributed by atoms with Crippen molar-refractivity contribution in [1.29, 1.82) is 0 Å². The Morgan fingerprint density at radius 1 is 1.30 bits per heavy atom. The van der Waals surface area contributed by atoms with Gasteiger partial charge < -0.3 is 10.6 Å². The maximum Gasteiger partial charge on any atom is 0.220 e. The summed E-state index contributed by atoms with van der Waals surface area (Å²) in [5, 5.41) is 6.75. The second kappa shape index (κ2) is 7.44. The van der Waals surface area contributed by atoms with Gasteiger partial charge in [-0.3, -0.25) is 4.79 Å². The van der Waals surface area contributed by atoms with Crippen molar-refractivity contribution in [2.45, 2.75) is 65.3 Å². The molecule has 1 aliphatic carbocycles. The Labute approximate surface area is 124 Å². The highest BCUT2D eigenvalue weighted by atomic mass is 16.1. The summed E-state index contributed by atoms with van der Waals surface area (Å²) in [5.74, 6) is 2.91. The standard InChI is InChI=1S/C17H32N2O/c1-12-6-7-16(14(3)9-12)19-17(20)10-13(2)15-5-4-8-18-11-15/h12-16,18H,4-11H2,1-3H3,(H,19,20). The lowest BCUT2D eigenvalue weighted by Gasteiger charge is -2.34. The van der Waals surface area contributed by atoms with Crippen LogP contribution < -0.4 is 10.6 Å². The van der Waals surface area contributed by atoms with Gasteiger partial charge in [-0.2, -0.15) is 0 Å². The molecule has 5 unspecified atom stereocenters. The molecule has 20 heavy (non-hydrogen) atoms. The molecule has 2 fully saturated rings. The summed E-state index contributed by atoms with van der Waals surface area (Å²) in [4.78, 5) is 12.3. The van der Waals surface area contributed by atoms with E-state index in [0.29, 0.717) is 30.2 Å². The molecule has 1 saturated carbocycles. The Balaban J connectivity index is 1.74. The van der Waals surface area contributed by atoms with Crippen LogP contribution in [0.4, 0.5) is 0 Å². The van der Waals surface area contributed by atoms with Crippen LogP contribution in [0.5, 0.6) is 0 Å². The maximum absolute atomic E-state index is 12.3. The lowest BCUT2D eigenvalue weighted by molar-refractivity contribution is -0.123. The Morgan fingerprint density at radius 3 is 2.75 bits per heavy atom. The minimum atomic E-state index is 0.273. The monoisotopic (exact) mass is 280 g/mol. The average molecular weight is 280 g/mol. The molecule has 1 saturated heterocycles. The highest BCUT2D eigenvalue weighted by Gasteiger charge is 2.28. The topological polar surface area (TPSA) is 41.1 Å². The van der Waals surface area contributed by atoms with E-state index in [0.717, 1.165) is 25.4 Å². The molecule has 3 nitrogen and oxygen atoms in total. The maximum atomic E-state index is 12.3. The van der Waals surface area contributed by atoms with Crippen molar-refractivity contribution in [2.24, 2.45) is 23.7 Å². The summed E-state index contributed by atoms with van der Waals surface area (Å²) in [5.41, 5.74) is 0. The smallest absolute Gasteiger partial charge is 0.220 e. The zero-order chi connectivity index (χ0) is 14.5. The number of amides is 1. The van der Waals surface area contributed by atoms with Crippen LogP contribution in [0, 0.1) is 23.7 Å². The number of hydrogen-bond donors (Lipinski definition) is 2. The van der Waals surface area contributed by atoms with Gasteiger partial charge in [0.2, 0.25) is 5.91 Å². The summed E-state index contributed by atoms with van der Waals surface area (Å²) in [6, 6.07) is 0.412. The Morgan fingerprint density at radius 2 is 2.10 bits per heavy atom. The molecule has 1 aliphatic heterocycles. The number of hydrogen-bond acceptors (Lipinski definition) is 2. The molecule has 1 heterocycles. The number of carbonyl (C=O) groups excluding carboxylic acids is 1. The minimum Gasteiger partial charge on any atom is -0.353 e. The van der Waals surface area contributed by atoms with Gasteiger partial charge in [0.05, 0.1) is 0 Å². The number of nitrogens with one attached hydrogen (secondary N) is 2. The van der Waals surface area contributed by atoms with Crippen LogP contribution in [-0.2, 0) is 4.79 Å². The van der Waals surface area contributed by atoms with E-state index < -0.39 is 0 Å². The number of piperidine rings is 1. The highest BCUT2D eigenvalue weighted by Crippen LogP contribution is 2.29. The third-order valence-corrected chi connectivity index (χ3v) is 5.42. The van der Waals surface area contributed by atoms with Crippen molar-refractivity contribution in [3.63, 3.8) is 0 Å². The van der Waals surface area contributed by atoms with Gasteiger partial charge in [-0.25, -0.2) is 0 Å². The summed E-state index contributed by atoms with van der Waals surface area (Å²) < 4.78 is 0. The average Bonchev–Trinajstić information content (AvgIpc) is 2.43. The molecule has 0 aromatic rings. The third-order valence-electron chi connectivity index (χ3n) is 5.42. The van der Waals surface area contributed by atoms with Gasteiger partial charge in [0.15, 0.2) is 0 Å². The van der Waals surface area contributed by atoms with Gasteiger partial charge in [0.25, 0.3) is 0 Å². The van der Waals surface area contributed by atoms with Crippen LogP contribution in [0.25, 0.3) is 0 Å². The van der Waals surface area contributed by atoms with Crippen molar-refractivity contribution >= 4 is 5.91 Å². The van der Waals surface area contributed by atoms with Gasteiger partial charge in [-0.15, -0.1) is 0 Å². The zero-order valence-electron chi connectivity index (χ0n) is 13.5. The van der Waals surface area contributed by atoms with Crippen LogP contribution in [0.15, 0.2) is 0 Å². The predicted octanol–water partition coefficient (Wildman–Crippen LogP) is 2.95. The molecular formula is C17H32N2O. The van der Waals surface area contributed by atoms with Crippen molar-refractivity contribution in [2.75, 3.05) is 13.1 Å². The molecule has 2 rings (SSSR count). The molecule has 0 radical (unpaired) electrons. The van der Waals surface area contributed by atoms with E-state index in [4.69, 9.17) is 0 Å². The van der Waals surface area contributed by atoms with Gasteiger partial charge in [0.1, 0.15) is 0 Å². The zero-order valence-corrected chi connectivity index (χ0v) is 13.5. The quantitative estimate of drug-likeness (QED) is 0.831. The number of rotatable bonds is 4. The van der Waals surface area contributed by atoms with Crippen molar-refractivity contribution in [3.05, 3.63) is 0 Å². The molecule has 0 aromatic carbocycles. The Hall–Kier alpha value is -0.570. The SMILES string of the molecule is CC1CCC(NC(=O)CC(C)C2CCCNC2)C(C)C1. The second-order valence-corrected chi connectivity index (χ2v) is 7.36. The van der Waals surface area contributed by atoms with E-state index >= 15 is 0 Å². The van der Waals surface area contributed by atoms with Crippen molar-refractivity contribution in [1.82, 2.24) is 10.6 Å². The molecule has 0 bridgehead atoms. The molecule has 0 spiro atoms. The first kappa shape index (κ1) is 15.8. The summed E-state index contributed by atoms with van der Waals surface area (Å²) in [6.45, 7) is 9.09. The van der Waals surface area contributed by atoms with Crippen LogP contribution in [0.1, 0.15) is 59.3 Å². The molecule has 3 heteroatoms. The molecule has 2 aliphatic rings. The molecule has 2 N–H and O–H groups in total. The van der Waals surface area contributed by atoms with Gasteiger partial charge in [-0.1, -0.05) is 20.8 Å².